The van der Waals surface area contributed by atoms with E-state index in [0.717, 1.165) is 126 Å². The third kappa shape index (κ3) is 18.7. The SMILES string of the molecule is CC(C)C1(C(C)C)CC1.CC(C)C1(C(C)C)CCC1.CC(C)C1(C(C)C)CCC1.CC(C)C1(C(C)C)CCCCC1.CC(C)C1(C(C)C)CCCCC1.CC(C)C1(C(C)C)CCOCC1.CC(C)C1(C(C)C)COC1. The third-order valence-corrected chi connectivity index (χ3v) is 25.2. The first-order chi connectivity index (χ1) is 34.7. The van der Waals surface area contributed by atoms with Crippen molar-refractivity contribution in [2.75, 3.05) is 26.4 Å². The Bertz CT molecular complexity index is 1210. The third-order valence-electron chi connectivity index (χ3n) is 25.2. The summed E-state index contributed by atoms with van der Waals surface area (Å²) in [6.07, 6.45) is 29.0. The first-order valence-corrected chi connectivity index (χ1v) is 33.8. The molecule has 450 valence electrons. The zero-order chi connectivity index (χ0) is 58.0. The molecule has 0 spiro atoms. The summed E-state index contributed by atoms with van der Waals surface area (Å²) >= 11 is 0. The van der Waals surface area contributed by atoms with E-state index in [1.807, 2.05) is 0 Å². The molecule has 0 amide bonds. The number of hydrogen-bond acceptors (Lipinski definition) is 2. The molecule has 0 aromatic carbocycles. The lowest BCUT2D eigenvalue weighted by molar-refractivity contribution is -0.164. The van der Waals surface area contributed by atoms with Crippen molar-refractivity contribution in [3.8, 4) is 0 Å². The molecule has 2 heteroatoms. The van der Waals surface area contributed by atoms with Crippen molar-refractivity contribution in [2.45, 2.75) is 322 Å². The Kier molecular flexibility index (Phi) is 31.6. The molecule has 0 aromatic rings. The molecule has 7 fully saturated rings. The summed E-state index contributed by atoms with van der Waals surface area (Å²) in [6.45, 7) is 70.1. The van der Waals surface area contributed by atoms with Crippen LogP contribution in [0.15, 0.2) is 0 Å². The maximum atomic E-state index is 5.43. The van der Waals surface area contributed by atoms with Gasteiger partial charge in [-0.05, 0) is 192 Å². The maximum Gasteiger partial charge on any atom is 0.0549 e. The second kappa shape index (κ2) is 32.5. The minimum atomic E-state index is 0.500. The van der Waals surface area contributed by atoms with Gasteiger partial charge in [0, 0.05) is 18.6 Å². The van der Waals surface area contributed by atoms with Crippen molar-refractivity contribution >= 4 is 0 Å². The van der Waals surface area contributed by atoms with E-state index in [4.69, 9.17) is 9.47 Å². The number of hydrogen-bond donors (Lipinski definition) is 0. The molecule has 0 bridgehead atoms. The van der Waals surface area contributed by atoms with E-state index in [9.17, 15) is 0 Å². The van der Waals surface area contributed by atoms with E-state index < -0.39 is 0 Å². The molecule has 2 aliphatic heterocycles. The van der Waals surface area contributed by atoms with Crippen molar-refractivity contribution < 1.29 is 9.47 Å². The van der Waals surface area contributed by atoms with Gasteiger partial charge in [0.1, 0.15) is 0 Å². The first-order valence-electron chi connectivity index (χ1n) is 33.8. The second-order valence-corrected chi connectivity index (χ2v) is 31.7. The molecule has 7 aliphatic rings. The van der Waals surface area contributed by atoms with Crippen LogP contribution >= 0.6 is 0 Å². The molecule has 2 heterocycles. The van der Waals surface area contributed by atoms with E-state index in [0.29, 0.717) is 21.7 Å². The highest BCUT2D eigenvalue weighted by molar-refractivity contribution is 4.98. The lowest BCUT2D eigenvalue weighted by atomic mass is 9.56. The molecular formula is C73H146O2. The van der Waals surface area contributed by atoms with E-state index in [2.05, 4.69) is 194 Å². The first kappa shape index (κ1) is 72.9. The van der Waals surface area contributed by atoms with Gasteiger partial charge < -0.3 is 9.47 Å². The van der Waals surface area contributed by atoms with Crippen LogP contribution in [0, 0.1) is 121 Å². The summed E-state index contributed by atoms with van der Waals surface area (Å²) < 4.78 is 10.7. The van der Waals surface area contributed by atoms with Crippen LogP contribution in [0.1, 0.15) is 322 Å². The normalized spacial score (nSPS) is 23.4. The smallest absolute Gasteiger partial charge is 0.0549 e. The molecule has 5 aliphatic carbocycles. The average Bonchev–Trinajstić information content (AvgIpc) is 4.09. The van der Waals surface area contributed by atoms with Crippen LogP contribution in [0.4, 0.5) is 0 Å². The zero-order valence-electron chi connectivity index (χ0n) is 57.4. The van der Waals surface area contributed by atoms with E-state index in [-0.39, 0.29) is 0 Å². The lowest BCUT2D eigenvalue weighted by Crippen LogP contribution is -2.50. The molecule has 2 nitrogen and oxygen atoms in total. The Morgan fingerprint density at radius 2 is 0.347 bits per heavy atom. The fourth-order valence-corrected chi connectivity index (χ4v) is 17.1. The molecule has 0 radical (unpaired) electrons. The Balaban J connectivity index is 0.000000438. The highest BCUT2D eigenvalue weighted by Gasteiger charge is 2.48. The van der Waals surface area contributed by atoms with Gasteiger partial charge in [0.25, 0.3) is 0 Å². The molecule has 75 heavy (non-hydrogen) atoms. The van der Waals surface area contributed by atoms with Crippen LogP contribution in [0.5, 0.6) is 0 Å². The van der Waals surface area contributed by atoms with Gasteiger partial charge in [-0.25, -0.2) is 0 Å². The van der Waals surface area contributed by atoms with Crippen LogP contribution < -0.4 is 0 Å². The largest absolute Gasteiger partial charge is 0.381 e. The van der Waals surface area contributed by atoms with Gasteiger partial charge in [-0.2, -0.15) is 0 Å². The quantitative estimate of drug-likeness (QED) is 0.173. The molecule has 0 aromatic heterocycles. The van der Waals surface area contributed by atoms with Gasteiger partial charge in [0.2, 0.25) is 0 Å². The summed E-state index contributed by atoms with van der Waals surface area (Å²) in [5, 5.41) is 0. The van der Waals surface area contributed by atoms with Crippen molar-refractivity contribution in [1.29, 1.82) is 0 Å². The van der Waals surface area contributed by atoms with Gasteiger partial charge in [0.05, 0.1) is 13.2 Å². The second-order valence-electron chi connectivity index (χ2n) is 31.7. The zero-order valence-corrected chi connectivity index (χ0v) is 57.4. The Hall–Kier alpha value is -0.0800. The van der Waals surface area contributed by atoms with Crippen LogP contribution in [0.2, 0.25) is 0 Å². The highest BCUT2D eigenvalue weighted by Crippen LogP contribution is 2.57. The highest BCUT2D eigenvalue weighted by atomic mass is 16.5. The van der Waals surface area contributed by atoms with Crippen LogP contribution in [0.3, 0.4) is 0 Å². The van der Waals surface area contributed by atoms with E-state index in [1.54, 1.807) is 0 Å². The van der Waals surface area contributed by atoms with E-state index >= 15 is 0 Å². The summed E-state index contributed by atoms with van der Waals surface area (Å²) in [7, 11) is 0. The van der Waals surface area contributed by atoms with Crippen molar-refractivity contribution in [3.05, 3.63) is 0 Å². The molecule has 0 atom stereocenters. The van der Waals surface area contributed by atoms with Crippen LogP contribution in [0.25, 0.3) is 0 Å². The monoisotopic (exact) mass is 1060 g/mol. The van der Waals surface area contributed by atoms with Gasteiger partial charge in [0.15, 0.2) is 0 Å². The number of rotatable bonds is 14. The predicted octanol–water partition coefficient (Wildman–Crippen LogP) is 23.9. The molecule has 7 rings (SSSR count). The van der Waals surface area contributed by atoms with Crippen molar-refractivity contribution in [1.82, 2.24) is 0 Å². The topological polar surface area (TPSA) is 18.5 Å². The Morgan fingerprint density at radius 1 is 0.173 bits per heavy atom. The summed E-state index contributed by atoms with van der Waals surface area (Å²) in [5.41, 5.74) is 4.61. The number of ether oxygens (including phenoxy) is 2. The van der Waals surface area contributed by atoms with Crippen molar-refractivity contribution in [3.63, 3.8) is 0 Å². The van der Waals surface area contributed by atoms with Gasteiger partial charge >= 0.3 is 0 Å². The summed E-state index contributed by atoms with van der Waals surface area (Å²) in [6, 6.07) is 0. The maximum absolute atomic E-state index is 5.43. The van der Waals surface area contributed by atoms with Gasteiger partial charge in [-0.15, -0.1) is 0 Å². The average molecular weight is 1060 g/mol. The van der Waals surface area contributed by atoms with Crippen LogP contribution in [-0.2, 0) is 9.47 Å². The molecular weight excluding hydrogens is 909 g/mol. The lowest BCUT2D eigenvalue weighted by Gasteiger charge is -2.49. The summed E-state index contributed by atoms with van der Waals surface area (Å²) in [5.74, 6) is 12.0. The van der Waals surface area contributed by atoms with Crippen molar-refractivity contribution in [2.24, 2.45) is 121 Å². The Morgan fingerprint density at radius 3 is 0.427 bits per heavy atom. The molecule has 0 unspecified atom stereocenters. The van der Waals surface area contributed by atoms with Gasteiger partial charge in [-0.1, -0.05) is 245 Å². The predicted molar refractivity (Wildman–Crippen MR) is 339 cm³/mol. The molecule has 0 N–H and O–H groups in total. The fraction of sp³-hybridized carbons (Fsp3) is 1.00. The van der Waals surface area contributed by atoms with Crippen LogP contribution in [-0.4, -0.2) is 26.4 Å². The fourth-order valence-electron chi connectivity index (χ4n) is 17.1. The minimum Gasteiger partial charge on any atom is -0.381 e. The minimum absolute atomic E-state index is 0.500. The Labute approximate surface area is 476 Å². The molecule has 5 saturated carbocycles. The van der Waals surface area contributed by atoms with E-state index in [1.165, 1.54) is 128 Å². The van der Waals surface area contributed by atoms with Gasteiger partial charge in [-0.3, -0.25) is 0 Å². The summed E-state index contributed by atoms with van der Waals surface area (Å²) in [4.78, 5) is 0. The standard InChI is InChI=1S/2C12H24.C11H22O.2C10H20.C9H18O.C9H18/c2*1-10(2)12(11(3)4)8-6-5-7-9-12;1-9(2)11(10(3)4)5-7-12-8-6-11;2*1-8(2)10(9(3)4)6-5-7-10;1-7(2)9(8(3)4)5-10-6-9;1-7(2)9(5-6-9)8(3)4/h2*10-11H,5-9H2,1-4H3;9-10H,5-8H2,1-4H3;2*8-9H,5-7H2,1-4H3;7-8H,5-6H2,1-4H3;7-8H,5-6H2,1-4H3. The molecule has 2 saturated heterocycles.